The summed E-state index contributed by atoms with van der Waals surface area (Å²) in [6, 6.07) is 4.21. The van der Waals surface area contributed by atoms with E-state index in [2.05, 4.69) is 0 Å². The monoisotopic (exact) mass is 255 g/mol. The number of aliphatic hydroxyl groups excluding tert-OH is 1. The highest BCUT2D eigenvalue weighted by molar-refractivity contribution is 5.75. The first-order chi connectivity index (χ1) is 8.58. The van der Waals surface area contributed by atoms with Crippen molar-refractivity contribution in [3.8, 4) is 5.75 Å². The fraction of sp³-hybridized carbons (Fsp3) is 0.462. The van der Waals surface area contributed by atoms with Crippen molar-refractivity contribution in [3.05, 3.63) is 29.6 Å². The van der Waals surface area contributed by atoms with Crippen molar-refractivity contribution in [2.45, 2.75) is 19.4 Å². The van der Waals surface area contributed by atoms with Gasteiger partial charge in [-0.2, -0.15) is 0 Å². The zero-order valence-electron chi connectivity index (χ0n) is 10.6. The Bertz CT molecular complexity index is 409. The van der Waals surface area contributed by atoms with Gasteiger partial charge in [0, 0.05) is 32.2 Å². The van der Waals surface area contributed by atoms with Crippen LogP contribution in [0.4, 0.5) is 4.39 Å². The Morgan fingerprint density at radius 3 is 2.83 bits per heavy atom. The van der Waals surface area contributed by atoms with Crippen LogP contribution in [-0.4, -0.2) is 36.7 Å². The number of hydrogen-bond acceptors (Lipinski definition) is 3. The second-order valence-corrected chi connectivity index (χ2v) is 4.03. The number of methoxy groups -OCH3 is 1. The Morgan fingerprint density at radius 2 is 2.22 bits per heavy atom. The number of carbonyl (C=O) groups is 1. The zero-order chi connectivity index (χ0) is 13.5. The first-order valence-corrected chi connectivity index (χ1v) is 5.75. The molecule has 1 N–H and O–H groups in total. The number of carbonyl (C=O) groups excluding carboxylic acids is 1. The van der Waals surface area contributed by atoms with Gasteiger partial charge >= 0.3 is 0 Å². The van der Waals surface area contributed by atoms with Gasteiger partial charge in [-0.3, -0.25) is 4.79 Å². The number of amides is 1. The van der Waals surface area contributed by atoms with E-state index in [1.807, 2.05) is 0 Å². The molecule has 0 aliphatic heterocycles. The van der Waals surface area contributed by atoms with Crippen molar-refractivity contribution in [2.75, 3.05) is 20.8 Å². The maximum Gasteiger partial charge on any atom is 0.222 e. The van der Waals surface area contributed by atoms with Crippen LogP contribution in [0.25, 0.3) is 0 Å². The van der Waals surface area contributed by atoms with Gasteiger partial charge in [-0.05, 0) is 24.6 Å². The molecule has 0 fully saturated rings. The Labute approximate surface area is 106 Å². The predicted octanol–water partition coefficient (Wildman–Crippen LogP) is 1.57. The van der Waals surface area contributed by atoms with Gasteiger partial charge < -0.3 is 14.7 Å². The largest absolute Gasteiger partial charge is 0.496 e. The molecule has 18 heavy (non-hydrogen) atoms. The van der Waals surface area contributed by atoms with E-state index in [0.29, 0.717) is 17.7 Å². The number of hydrogen-bond donors (Lipinski definition) is 1. The van der Waals surface area contributed by atoms with Gasteiger partial charge in [-0.15, -0.1) is 0 Å². The lowest BCUT2D eigenvalue weighted by atomic mass is 10.1. The summed E-state index contributed by atoms with van der Waals surface area (Å²) in [6.45, 7) is 0.272. The molecular weight excluding hydrogens is 237 g/mol. The van der Waals surface area contributed by atoms with Crippen molar-refractivity contribution >= 4 is 5.91 Å². The smallest absolute Gasteiger partial charge is 0.222 e. The Balaban J connectivity index is 2.71. The van der Waals surface area contributed by atoms with Crippen molar-refractivity contribution in [1.29, 1.82) is 0 Å². The Kier molecular flexibility index (Phi) is 5.58. The van der Waals surface area contributed by atoms with Crippen LogP contribution < -0.4 is 4.74 Å². The standard InChI is InChI=1S/C13H18FNO3/c1-15(13(17)4-3-7-16)9-10-8-11(14)5-6-12(10)18-2/h5-6,8,16H,3-4,7,9H2,1-2H3. The van der Waals surface area contributed by atoms with Gasteiger partial charge in [-0.25, -0.2) is 4.39 Å². The molecule has 0 aromatic heterocycles. The van der Waals surface area contributed by atoms with E-state index in [9.17, 15) is 9.18 Å². The lowest BCUT2D eigenvalue weighted by molar-refractivity contribution is -0.130. The van der Waals surface area contributed by atoms with Crippen molar-refractivity contribution in [2.24, 2.45) is 0 Å². The Hall–Kier alpha value is -1.62. The van der Waals surface area contributed by atoms with Gasteiger partial charge in [0.1, 0.15) is 11.6 Å². The number of rotatable bonds is 6. The second kappa shape index (κ2) is 6.96. The topological polar surface area (TPSA) is 49.8 Å². The minimum absolute atomic E-state index is 0.0110. The number of aliphatic hydroxyl groups is 1. The average Bonchev–Trinajstić information content (AvgIpc) is 2.36. The third kappa shape index (κ3) is 4.00. The van der Waals surface area contributed by atoms with Crippen LogP contribution in [0.2, 0.25) is 0 Å². The second-order valence-electron chi connectivity index (χ2n) is 4.03. The van der Waals surface area contributed by atoms with Crippen LogP contribution in [-0.2, 0) is 11.3 Å². The molecule has 0 atom stereocenters. The summed E-state index contributed by atoms with van der Waals surface area (Å²) < 4.78 is 18.3. The third-order valence-electron chi connectivity index (χ3n) is 2.62. The number of halogens is 1. The van der Waals surface area contributed by atoms with Crippen molar-refractivity contribution < 1.29 is 19.0 Å². The molecule has 0 unspecified atom stereocenters. The highest BCUT2D eigenvalue weighted by atomic mass is 19.1. The molecular formula is C13H18FNO3. The van der Waals surface area contributed by atoms with Crippen LogP contribution in [0, 0.1) is 5.82 Å². The Morgan fingerprint density at radius 1 is 1.50 bits per heavy atom. The molecule has 0 aliphatic rings. The minimum atomic E-state index is -0.359. The number of benzene rings is 1. The molecule has 0 spiro atoms. The molecule has 0 heterocycles. The van der Waals surface area contributed by atoms with Gasteiger partial charge in [0.2, 0.25) is 5.91 Å². The first kappa shape index (κ1) is 14.4. The summed E-state index contributed by atoms with van der Waals surface area (Å²) in [5, 5.41) is 8.66. The van der Waals surface area contributed by atoms with E-state index >= 15 is 0 Å². The molecule has 0 bridgehead atoms. The molecule has 5 heteroatoms. The van der Waals surface area contributed by atoms with Crippen LogP contribution in [0.1, 0.15) is 18.4 Å². The summed E-state index contributed by atoms with van der Waals surface area (Å²) in [5.74, 6) is 0.107. The fourth-order valence-corrected chi connectivity index (χ4v) is 1.64. The van der Waals surface area contributed by atoms with Crippen molar-refractivity contribution in [3.63, 3.8) is 0 Å². The molecule has 100 valence electrons. The predicted molar refractivity (Wildman–Crippen MR) is 65.7 cm³/mol. The maximum absolute atomic E-state index is 13.1. The van der Waals surface area contributed by atoms with E-state index in [4.69, 9.17) is 9.84 Å². The molecule has 0 saturated heterocycles. The molecule has 4 nitrogen and oxygen atoms in total. The van der Waals surface area contributed by atoms with Crippen LogP contribution in [0.3, 0.4) is 0 Å². The zero-order valence-corrected chi connectivity index (χ0v) is 10.6. The average molecular weight is 255 g/mol. The van der Waals surface area contributed by atoms with E-state index in [1.165, 1.54) is 30.2 Å². The summed E-state index contributed by atoms with van der Waals surface area (Å²) in [5.41, 5.74) is 0.623. The number of nitrogens with zero attached hydrogens (tertiary/aromatic N) is 1. The number of ether oxygens (including phenoxy) is 1. The van der Waals surface area contributed by atoms with Crippen LogP contribution in [0.15, 0.2) is 18.2 Å². The normalized spacial score (nSPS) is 10.2. The van der Waals surface area contributed by atoms with Crippen molar-refractivity contribution in [1.82, 2.24) is 4.90 Å². The highest BCUT2D eigenvalue weighted by Crippen LogP contribution is 2.20. The van der Waals surface area contributed by atoms with Gasteiger partial charge in [0.25, 0.3) is 0 Å². The molecule has 1 amide bonds. The summed E-state index contributed by atoms with van der Waals surface area (Å²) >= 11 is 0. The van der Waals surface area contributed by atoms with Crippen LogP contribution in [0.5, 0.6) is 5.75 Å². The lowest BCUT2D eigenvalue weighted by Gasteiger charge is -2.18. The summed E-state index contributed by atoms with van der Waals surface area (Å²) in [7, 11) is 3.15. The van der Waals surface area contributed by atoms with E-state index in [1.54, 1.807) is 7.05 Å². The molecule has 1 aromatic rings. The van der Waals surface area contributed by atoms with Crippen LogP contribution >= 0.6 is 0 Å². The summed E-state index contributed by atoms with van der Waals surface area (Å²) in [4.78, 5) is 13.2. The fourth-order valence-electron chi connectivity index (χ4n) is 1.64. The maximum atomic E-state index is 13.1. The third-order valence-corrected chi connectivity index (χ3v) is 2.62. The molecule has 1 aromatic carbocycles. The lowest BCUT2D eigenvalue weighted by Crippen LogP contribution is -2.26. The van der Waals surface area contributed by atoms with E-state index < -0.39 is 0 Å². The van der Waals surface area contributed by atoms with Gasteiger partial charge in [-0.1, -0.05) is 0 Å². The first-order valence-electron chi connectivity index (χ1n) is 5.75. The summed E-state index contributed by atoms with van der Waals surface area (Å²) in [6.07, 6.45) is 0.716. The quantitative estimate of drug-likeness (QED) is 0.839. The minimum Gasteiger partial charge on any atom is -0.496 e. The SMILES string of the molecule is COc1ccc(F)cc1CN(C)C(=O)CCCO. The van der Waals surface area contributed by atoms with Gasteiger partial charge in [0.15, 0.2) is 0 Å². The molecule has 0 radical (unpaired) electrons. The van der Waals surface area contributed by atoms with E-state index in [0.717, 1.165) is 0 Å². The van der Waals surface area contributed by atoms with E-state index in [-0.39, 0.29) is 31.3 Å². The molecule has 1 rings (SSSR count). The molecule has 0 saturated carbocycles. The highest BCUT2D eigenvalue weighted by Gasteiger charge is 2.12. The van der Waals surface area contributed by atoms with Gasteiger partial charge in [0.05, 0.1) is 7.11 Å². The molecule has 0 aliphatic carbocycles.